The summed E-state index contributed by atoms with van der Waals surface area (Å²) >= 11 is 1.54. The molecule has 1 amide bonds. The molecule has 5 unspecified atom stereocenters. The highest BCUT2D eigenvalue weighted by atomic mass is 32.2. The van der Waals surface area contributed by atoms with E-state index in [2.05, 4.69) is 4.90 Å². The number of amides is 1. The second-order valence-electron chi connectivity index (χ2n) is 8.98. The van der Waals surface area contributed by atoms with Gasteiger partial charge in [0.15, 0.2) is 5.17 Å². The summed E-state index contributed by atoms with van der Waals surface area (Å²) in [6.07, 6.45) is 4.51. The van der Waals surface area contributed by atoms with Crippen LogP contribution in [0.2, 0.25) is 0 Å². The molecular weight excluding hydrogens is 414 g/mol. The quantitative estimate of drug-likeness (QED) is 0.617. The van der Waals surface area contributed by atoms with Crippen molar-refractivity contribution in [3.05, 3.63) is 29.8 Å². The SMILES string of the molecule is COc1ccc(CN2C(=NCC3CCCCC3)SC3C(C(N)=O)CC(O)C(O)C32)cc1. The molecule has 4 N–H and O–H groups in total. The minimum Gasteiger partial charge on any atom is -0.497 e. The Morgan fingerprint density at radius 2 is 1.94 bits per heavy atom. The second kappa shape index (κ2) is 9.79. The maximum absolute atomic E-state index is 12.1. The van der Waals surface area contributed by atoms with E-state index in [-0.39, 0.29) is 11.7 Å². The van der Waals surface area contributed by atoms with E-state index in [1.807, 2.05) is 24.3 Å². The van der Waals surface area contributed by atoms with Crippen LogP contribution in [-0.2, 0) is 11.3 Å². The number of fused-ring (bicyclic) bond motifs is 1. The molecule has 1 heterocycles. The lowest BCUT2D eigenvalue weighted by Crippen LogP contribution is -2.58. The lowest BCUT2D eigenvalue weighted by molar-refractivity contribution is -0.128. The summed E-state index contributed by atoms with van der Waals surface area (Å²) in [4.78, 5) is 19.2. The zero-order valence-corrected chi connectivity index (χ0v) is 18.8. The number of aliphatic hydroxyl groups excluding tert-OH is 2. The number of ether oxygens (including phenoxy) is 1. The van der Waals surface area contributed by atoms with E-state index in [1.54, 1.807) is 7.11 Å². The number of hydrogen-bond donors (Lipinski definition) is 3. The van der Waals surface area contributed by atoms with Crippen molar-refractivity contribution in [1.29, 1.82) is 0 Å². The first kappa shape index (κ1) is 22.4. The Morgan fingerprint density at radius 1 is 1.23 bits per heavy atom. The number of methoxy groups -OCH3 is 1. The molecule has 0 spiro atoms. The molecule has 7 nitrogen and oxygen atoms in total. The van der Waals surface area contributed by atoms with Crippen molar-refractivity contribution in [2.24, 2.45) is 22.6 Å². The van der Waals surface area contributed by atoms with Crippen molar-refractivity contribution in [3.8, 4) is 5.75 Å². The van der Waals surface area contributed by atoms with E-state index in [0.29, 0.717) is 12.5 Å². The van der Waals surface area contributed by atoms with Gasteiger partial charge in [-0.3, -0.25) is 9.79 Å². The van der Waals surface area contributed by atoms with E-state index in [4.69, 9.17) is 15.5 Å². The van der Waals surface area contributed by atoms with Crippen LogP contribution in [0.4, 0.5) is 0 Å². The predicted molar refractivity (Wildman–Crippen MR) is 122 cm³/mol. The van der Waals surface area contributed by atoms with Gasteiger partial charge in [0.05, 0.1) is 25.2 Å². The number of nitrogens with two attached hydrogens (primary N) is 1. The molecule has 3 fully saturated rings. The summed E-state index contributed by atoms with van der Waals surface area (Å²) in [6.45, 7) is 1.30. The smallest absolute Gasteiger partial charge is 0.221 e. The van der Waals surface area contributed by atoms with Crippen LogP contribution in [0.3, 0.4) is 0 Å². The number of aliphatic imine (C=N–C) groups is 1. The summed E-state index contributed by atoms with van der Waals surface area (Å²) in [5, 5.41) is 22.0. The highest BCUT2D eigenvalue weighted by molar-refractivity contribution is 8.14. The van der Waals surface area contributed by atoms with E-state index >= 15 is 0 Å². The molecule has 0 aromatic heterocycles. The number of aliphatic hydroxyl groups is 2. The number of hydrogen-bond acceptors (Lipinski definition) is 6. The first-order valence-corrected chi connectivity index (χ1v) is 12.1. The maximum atomic E-state index is 12.1. The van der Waals surface area contributed by atoms with Crippen LogP contribution < -0.4 is 10.5 Å². The molecule has 2 aliphatic carbocycles. The Labute approximate surface area is 188 Å². The van der Waals surface area contributed by atoms with Gasteiger partial charge >= 0.3 is 0 Å². The zero-order chi connectivity index (χ0) is 22.0. The number of amidine groups is 1. The largest absolute Gasteiger partial charge is 0.497 e. The van der Waals surface area contributed by atoms with Crippen molar-refractivity contribution in [1.82, 2.24) is 4.90 Å². The molecule has 2 saturated carbocycles. The molecule has 31 heavy (non-hydrogen) atoms. The Balaban J connectivity index is 1.61. The average molecular weight is 448 g/mol. The van der Waals surface area contributed by atoms with Gasteiger partial charge in [0.2, 0.25) is 5.91 Å². The topological polar surface area (TPSA) is 108 Å². The van der Waals surface area contributed by atoms with Crippen molar-refractivity contribution in [2.45, 2.75) is 68.6 Å². The molecule has 1 aromatic carbocycles. The third kappa shape index (κ3) is 4.86. The van der Waals surface area contributed by atoms with E-state index in [0.717, 1.165) is 23.0 Å². The Bertz CT molecular complexity index is 797. The van der Waals surface area contributed by atoms with Crippen molar-refractivity contribution < 1.29 is 19.7 Å². The summed E-state index contributed by atoms with van der Waals surface area (Å²) in [5.74, 6) is 0.459. The summed E-state index contributed by atoms with van der Waals surface area (Å²) in [5.41, 5.74) is 6.73. The summed E-state index contributed by atoms with van der Waals surface area (Å²) in [7, 11) is 1.64. The van der Waals surface area contributed by atoms with Crippen LogP contribution in [0, 0.1) is 11.8 Å². The fourth-order valence-corrected chi connectivity index (χ4v) is 6.68. The maximum Gasteiger partial charge on any atom is 0.221 e. The highest BCUT2D eigenvalue weighted by Crippen LogP contribution is 2.44. The number of primary amides is 1. The molecule has 1 saturated heterocycles. The Hall–Kier alpha value is -1.77. The van der Waals surface area contributed by atoms with Crippen molar-refractivity contribution >= 4 is 22.8 Å². The molecule has 0 radical (unpaired) electrons. The van der Waals surface area contributed by atoms with Gasteiger partial charge in [-0.1, -0.05) is 43.2 Å². The lowest BCUT2D eigenvalue weighted by Gasteiger charge is -2.41. The zero-order valence-electron chi connectivity index (χ0n) is 18.0. The number of rotatable bonds is 6. The molecule has 3 aliphatic rings. The first-order valence-electron chi connectivity index (χ1n) is 11.2. The van der Waals surface area contributed by atoms with Crippen LogP contribution in [0.1, 0.15) is 44.1 Å². The van der Waals surface area contributed by atoms with Crippen LogP contribution in [0.5, 0.6) is 5.75 Å². The number of benzene rings is 1. The molecule has 4 rings (SSSR count). The fraction of sp³-hybridized carbons (Fsp3) is 0.652. The van der Waals surface area contributed by atoms with Gasteiger partial charge in [-0.15, -0.1) is 0 Å². The Kier molecular flexibility index (Phi) is 7.08. The van der Waals surface area contributed by atoms with Crippen LogP contribution in [-0.4, -0.2) is 63.3 Å². The van der Waals surface area contributed by atoms with Gasteiger partial charge in [-0.05, 0) is 42.9 Å². The minimum atomic E-state index is -0.976. The third-order valence-electron chi connectivity index (χ3n) is 6.91. The molecule has 1 aromatic rings. The van der Waals surface area contributed by atoms with Gasteiger partial charge < -0.3 is 25.6 Å². The predicted octanol–water partition coefficient (Wildman–Crippen LogP) is 2.14. The van der Waals surface area contributed by atoms with Gasteiger partial charge in [0, 0.05) is 18.3 Å². The Morgan fingerprint density at radius 3 is 2.58 bits per heavy atom. The first-order chi connectivity index (χ1) is 15.0. The van der Waals surface area contributed by atoms with E-state index < -0.39 is 30.1 Å². The minimum absolute atomic E-state index is 0.191. The summed E-state index contributed by atoms with van der Waals surface area (Å²) < 4.78 is 5.26. The number of nitrogens with zero attached hydrogens (tertiary/aromatic N) is 2. The number of carbonyl (C=O) groups is 1. The second-order valence-corrected chi connectivity index (χ2v) is 10.1. The normalized spacial score (nSPS) is 32.8. The third-order valence-corrected chi connectivity index (χ3v) is 8.36. The van der Waals surface area contributed by atoms with Gasteiger partial charge in [-0.2, -0.15) is 0 Å². The summed E-state index contributed by atoms with van der Waals surface area (Å²) in [6, 6.07) is 7.40. The monoisotopic (exact) mass is 447 g/mol. The van der Waals surface area contributed by atoms with Gasteiger partial charge in [-0.25, -0.2) is 0 Å². The van der Waals surface area contributed by atoms with Crippen molar-refractivity contribution in [3.63, 3.8) is 0 Å². The van der Waals surface area contributed by atoms with Crippen LogP contribution >= 0.6 is 11.8 Å². The van der Waals surface area contributed by atoms with Crippen LogP contribution in [0.25, 0.3) is 0 Å². The molecule has 170 valence electrons. The van der Waals surface area contributed by atoms with Crippen molar-refractivity contribution in [2.75, 3.05) is 13.7 Å². The van der Waals surface area contributed by atoms with E-state index in [1.165, 1.54) is 43.9 Å². The van der Waals surface area contributed by atoms with Gasteiger partial charge in [0.25, 0.3) is 0 Å². The molecular formula is C23H33N3O4S. The average Bonchev–Trinajstić information content (AvgIpc) is 3.14. The molecule has 0 bridgehead atoms. The number of thioether (sulfide) groups is 1. The standard InChI is InChI=1S/C23H33N3O4S/c1-30-16-9-7-15(8-10-16)13-26-19-20(28)18(27)11-17(22(24)29)21(19)31-23(26)25-12-14-5-3-2-4-6-14/h7-10,14,17-21,27-28H,2-6,11-13H2,1H3,(H2,24,29). The molecule has 1 aliphatic heterocycles. The number of carbonyl (C=O) groups excluding carboxylic acids is 1. The lowest BCUT2D eigenvalue weighted by atomic mass is 9.80. The van der Waals surface area contributed by atoms with Gasteiger partial charge in [0.1, 0.15) is 11.9 Å². The fourth-order valence-electron chi connectivity index (χ4n) is 5.11. The molecule has 8 heteroatoms. The van der Waals surface area contributed by atoms with Crippen LogP contribution in [0.15, 0.2) is 29.3 Å². The van der Waals surface area contributed by atoms with E-state index in [9.17, 15) is 15.0 Å². The highest BCUT2D eigenvalue weighted by Gasteiger charge is 2.54. The molecule has 5 atom stereocenters.